The van der Waals surface area contributed by atoms with Gasteiger partial charge in [-0.05, 0) is 55.9 Å². The molecule has 3 amide bonds. The Kier molecular flexibility index (Phi) is 6.64. The number of nitrogens with one attached hydrogen (secondary N) is 1. The second-order valence-electron chi connectivity index (χ2n) is 11.4. The molecular weight excluding hydrogens is 500 g/mol. The van der Waals surface area contributed by atoms with E-state index in [9.17, 15) is 24.3 Å². The number of aromatic nitrogens is 2. The summed E-state index contributed by atoms with van der Waals surface area (Å²) in [5.41, 5.74) is 3.90. The molecule has 39 heavy (non-hydrogen) atoms. The molecule has 2 saturated carbocycles. The average Bonchev–Trinajstić information content (AvgIpc) is 3.06. The molecule has 2 aromatic rings. The molecule has 2 spiro atoms. The van der Waals surface area contributed by atoms with Crippen molar-refractivity contribution in [3.8, 4) is 5.88 Å². The van der Waals surface area contributed by atoms with Crippen LogP contribution in [0.5, 0.6) is 5.88 Å². The number of unbranched alkanes of at least 4 members (excludes halogenated alkanes) is 1. The quantitative estimate of drug-likeness (QED) is 0.281. The number of amides is 3. The number of amidine groups is 1. The predicted octanol–water partition coefficient (Wildman–Crippen LogP) is 2.53. The van der Waals surface area contributed by atoms with Crippen LogP contribution >= 0.6 is 0 Å². The first-order valence-corrected chi connectivity index (χ1v) is 13.6. The lowest BCUT2D eigenvalue weighted by atomic mass is 9.51. The van der Waals surface area contributed by atoms with Gasteiger partial charge in [0.2, 0.25) is 5.88 Å². The number of likely N-dealkylation sites (N-methyl/N-ethyl adjacent to an activating group) is 1. The monoisotopic (exact) mass is 536 g/mol. The summed E-state index contributed by atoms with van der Waals surface area (Å²) in [5.74, 6) is -1.30. The van der Waals surface area contributed by atoms with Crippen molar-refractivity contribution in [1.29, 1.82) is 5.41 Å². The summed E-state index contributed by atoms with van der Waals surface area (Å²) in [6.07, 6.45) is 4.99. The van der Waals surface area contributed by atoms with Crippen molar-refractivity contribution in [2.45, 2.75) is 83.0 Å². The lowest BCUT2D eigenvalue weighted by molar-refractivity contribution is -0.150. The summed E-state index contributed by atoms with van der Waals surface area (Å²) in [5, 5.41) is 18.4. The Morgan fingerprint density at radius 1 is 1.10 bits per heavy atom. The molecule has 2 aliphatic carbocycles. The fourth-order valence-corrected chi connectivity index (χ4v) is 6.96. The van der Waals surface area contributed by atoms with Crippen LogP contribution in [0.2, 0.25) is 0 Å². The molecule has 0 atom stereocenters. The number of aromatic hydroxyl groups is 1. The predicted molar refractivity (Wildman–Crippen MR) is 145 cm³/mol. The first-order chi connectivity index (χ1) is 18.5. The first-order valence-electron chi connectivity index (χ1n) is 13.6. The number of hydrogen-bond acceptors (Lipinski definition) is 6. The fraction of sp³-hybridized carbons (Fsp3) is 0.536. The Balaban J connectivity index is 1.38. The van der Waals surface area contributed by atoms with E-state index in [1.54, 1.807) is 4.90 Å². The van der Waals surface area contributed by atoms with Gasteiger partial charge in [-0.3, -0.25) is 29.0 Å². The maximum atomic E-state index is 13.3. The van der Waals surface area contributed by atoms with Gasteiger partial charge in [-0.25, -0.2) is 9.59 Å². The molecule has 3 fully saturated rings. The van der Waals surface area contributed by atoms with Crippen molar-refractivity contribution in [1.82, 2.24) is 18.9 Å². The van der Waals surface area contributed by atoms with Crippen molar-refractivity contribution < 1.29 is 14.7 Å². The van der Waals surface area contributed by atoms with E-state index in [2.05, 4.69) is 0 Å². The highest BCUT2D eigenvalue weighted by molar-refractivity contribution is 6.07. The van der Waals surface area contributed by atoms with Crippen molar-refractivity contribution in [2.24, 2.45) is 11.1 Å². The van der Waals surface area contributed by atoms with E-state index in [1.807, 2.05) is 37.3 Å². The van der Waals surface area contributed by atoms with Gasteiger partial charge >= 0.3 is 11.7 Å². The van der Waals surface area contributed by atoms with Crippen LogP contribution in [0.1, 0.15) is 75.5 Å². The van der Waals surface area contributed by atoms with E-state index in [1.165, 1.54) is 11.9 Å². The van der Waals surface area contributed by atoms with Crippen LogP contribution in [-0.2, 0) is 17.9 Å². The number of urea groups is 1. The minimum atomic E-state index is -0.863. The van der Waals surface area contributed by atoms with E-state index in [0.29, 0.717) is 51.5 Å². The zero-order valence-electron chi connectivity index (χ0n) is 22.5. The minimum Gasteiger partial charge on any atom is -0.494 e. The number of rotatable bonds is 7. The highest BCUT2D eigenvalue weighted by atomic mass is 16.3. The van der Waals surface area contributed by atoms with Crippen LogP contribution in [0, 0.1) is 10.8 Å². The third-order valence-electron chi connectivity index (χ3n) is 8.99. The summed E-state index contributed by atoms with van der Waals surface area (Å²) in [6.45, 7) is 2.54. The minimum absolute atomic E-state index is 0.155. The molecule has 1 aromatic carbocycles. The lowest BCUT2D eigenvalue weighted by Gasteiger charge is -2.58. The number of nitrogens with zero attached hydrogens (tertiary/aromatic N) is 4. The fourth-order valence-electron chi connectivity index (χ4n) is 6.96. The zero-order chi connectivity index (χ0) is 28.1. The van der Waals surface area contributed by atoms with E-state index < -0.39 is 34.5 Å². The first kappa shape index (κ1) is 26.7. The second kappa shape index (κ2) is 9.69. The number of carbonyl (C=O) groups is 2. The molecule has 208 valence electrons. The Bertz CT molecular complexity index is 1430. The normalized spacial score (nSPS) is 26.5. The van der Waals surface area contributed by atoms with Crippen molar-refractivity contribution in [3.63, 3.8) is 0 Å². The molecule has 11 nitrogen and oxygen atoms in total. The lowest BCUT2D eigenvalue weighted by Crippen LogP contribution is -2.64. The Morgan fingerprint density at radius 2 is 1.74 bits per heavy atom. The van der Waals surface area contributed by atoms with E-state index in [4.69, 9.17) is 11.1 Å². The van der Waals surface area contributed by atoms with Crippen LogP contribution in [-0.4, -0.2) is 54.4 Å². The topological polar surface area (TPSA) is 155 Å². The van der Waals surface area contributed by atoms with Crippen LogP contribution in [0.4, 0.5) is 4.79 Å². The molecule has 11 heteroatoms. The van der Waals surface area contributed by atoms with Gasteiger partial charge in [0.25, 0.3) is 11.5 Å². The van der Waals surface area contributed by atoms with Gasteiger partial charge < -0.3 is 15.7 Å². The Hall–Kier alpha value is -3.89. The largest absolute Gasteiger partial charge is 0.494 e. The molecule has 0 unspecified atom stereocenters. The smallest absolute Gasteiger partial charge is 0.334 e. The molecule has 0 bridgehead atoms. The maximum absolute atomic E-state index is 13.3. The summed E-state index contributed by atoms with van der Waals surface area (Å²) in [6, 6.07) is 8.95. The average molecular weight is 537 g/mol. The highest BCUT2D eigenvalue weighted by Gasteiger charge is 2.67. The van der Waals surface area contributed by atoms with E-state index in [0.717, 1.165) is 21.1 Å². The molecule has 1 aromatic heterocycles. The summed E-state index contributed by atoms with van der Waals surface area (Å²) >= 11 is 0. The van der Waals surface area contributed by atoms with Gasteiger partial charge in [0.05, 0.1) is 0 Å². The number of benzene rings is 1. The number of nitrogen functional groups attached to an aromatic ring is 1. The third-order valence-corrected chi connectivity index (χ3v) is 8.99. The standard InChI is InChI=1S/C28H36N6O5/c1-3-4-14-32-22(35)20(21(29)30)23(36)34(26(32)39)19-10-12-27(13-11-19)16-28(17-27)24(37)31(2)25(38)33(28)15-18-8-6-5-7-9-18/h5-9,19,35H,3-4,10-17H2,1-2H3,(H3,29,30). The number of hydrogen-bond donors (Lipinski definition) is 3. The van der Waals surface area contributed by atoms with Gasteiger partial charge in [-0.15, -0.1) is 0 Å². The van der Waals surface area contributed by atoms with Crippen molar-refractivity contribution in [2.75, 3.05) is 7.05 Å². The van der Waals surface area contributed by atoms with Gasteiger partial charge in [0.1, 0.15) is 16.9 Å². The van der Waals surface area contributed by atoms with Crippen LogP contribution < -0.4 is 17.0 Å². The third kappa shape index (κ3) is 4.15. The molecule has 1 aliphatic heterocycles. The Morgan fingerprint density at radius 3 is 2.33 bits per heavy atom. The summed E-state index contributed by atoms with van der Waals surface area (Å²) in [4.78, 5) is 55.8. The van der Waals surface area contributed by atoms with Gasteiger partial charge in [0, 0.05) is 26.2 Å². The number of nitrogens with two attached hydrogens (primary N) is 1. The molecular formula is C28H36N6O5. The second-order valence-corrected chi connectivity index (χ2v) is 11.4. The van der Waals surface area contributed by atoms with Crippen LogP contribution in [0.15, 0.2) is 39.9 Å². The van der Waals surface area contributed by atoms with Gasteiger partial charge in [-0.2, -0.15) is 0 Å². The SMILES string of the molecule is CCCCn1c(O)c(C(=N)N)c(=O)n(C2CCC3(CC2)CC2(C3)C(=O)N(C)C(=O)N2Cc2ccccc2)c1=O. The molecule has 2 heterocycles. The molecule has 4 N–H and O–H groups in total. The van der Waals surface area contributed by atoms with Gasteiger partial charge in [0.15, 0.2) is 0 Å². The maximum Gasteiger partial charge on any atom is 0.334 e. The van der Waals surface area contributed by atoms with Crippen LogP contribution in [0.3, 0.4) is 0 Å². The molecule has 1 saturated heterocycles. The van der Waals surface area contributed by atoms with Crippen LogP contribution in [0.25, 0.3) is 0 Å². The Labute approximate surface area is 226 Å². The summed E-state index contributed by atoms with van der Waals surface area (Å²) in [7, 11) is 1.53. The molecule has 0 radical (unpaired) electrons. The molecule has 5 rings (SSSR count). The summed E-state index contributed by atoms with van der Waals surface area (Å²) < 4.78 is 2.30. The highest BCUT2D eigenvalue weighted by Crippen LogP contribution is 2.62. The zero-order valence-corrected chi connectivity index (χ0v) is 22.5. The number of imide groups is 1. The van der Waals surface area contributed by atoms with Crippen molar-refractivity contribution in [3.05, 3.63) is 62.3 Å². The number of carbonyl (C=O) groups excluding carboxylic acids is 2. The van der Waals surface area contributed by atoms with Gasteiger partial charge in [-0.1, -0.05) is 43.7 Å². The van der Waals surface area contributed by atoms with E-state index in [-0.39, 0.29) is 29.5 Å². The van der Waals surface area contributed by atoms with E-state index >= 15 is 0 Å². The molecule has 3 aliphatic rings. The van der Waals surface area contributed by atoms with Crippen molar-refractivity contribution >= 4 is 17.8 Å².